The Labute approximate surface area is 84.8 Å². The summed E-state index contributed by atoms with van der Waals surface area (Å²) >= 11 is 0. The lowest BCUT2D eigenvalue weighted by Gasteiger charge is -2.00. The van der Waals surface area contributed by atoms with Crippen LogP contribution in [0, 0.1) is 0 Å². The Morgan fingerprint density at radius 3 is 2.71 bits per heavy atom. The molecule has 1 unspecified atom stereocenters. The van der Waals surface area contributed by atoms with E-state index in [9.17, 15) is 0 Å². The van der Waals surface area contributed by atoms with E-state index in [1.807, 2.05) is 36.4 Å². The summed E-state index contributed by atoms with van der Waals surface area (Å²) < 4.78 is 5.37. The Morgan fingerprint density at radius 2 is 2.07 bits per heavy atom. The van der Waals surface area contributed by atoms with Crippen LogP contribution in [0.1, 0.15) is 12.5 Å². The van der Waals surface area contributed by atoms with Crippen LogP contribution in [-0.4, -0.2) is 17.8 Å². The third-order valence-corrected chi connectivity index (χ3v) is 1.74. The van der Waals surface area contributed by atoms with Crippen molar-refractivity contribution in [3.8, 4) is 0 Å². The summed E-state index contributed by atoms with van der Waals surface area (Å²) in [6, 6.07) is 10.0. The quantitative estimate of drug-likeness (QED) is 0.572. The molecule has 1 N–H and O–H groups in total. The molecule has 1 aromatic rings. The van der Waals surface area contributed by atoms with E-state index in [2.05, 4.69) is 0 Å². The van der Waals surface area contributed by atoms with Crippen molar-refractivity contribution in [1.82, 2.24) is 0 Å². The highest BCUT2D eigenvalue weighted by molar-refractivity contribution is 5.13. The van der Waals surface area contributed by atoms with Gasteiger partial charge < -0.3 is 9.84 Å². The Hall–Kier alpha value is -1.12. The lowest BCUT2D eigenvalue weighted by atomic mass is 10.2. The molecule has 0 aliphatic carbocycles. The van der Waals surface area contributed by atoms with Gasteiger partial charge in [-0.25, -0.2) is 0 Å². The van der Waals surface area contributed by atoms with Crippen LogP contribution in [0.15, 0.2) is 42.5 Å². The molecule has 0 spiro atoms. The van der Waals surface area contributed by atoms with Crippen LogP contribution in [0.25, 0.3) is 0 Å². The fraction of sp³-hybridized carbons (Fsp3) is 0.333. The summed E-state index contributed by atoms with van der Waals surface area (Å²) in [5.41, 5.74) is 1.16. The van der Waals surface area contributed by atoms with Crippen molar-refractivity contribution < 1.29 is 9.84 Å². The number of benzene rings is 1. The number of hydrogen-bond acceptors (Lipinski definition) is 2. The van der Waals surface area contributed by atoms with Gasteiger partial charge in [0.15, 0.2) is 0 Å². The molecule has 1 rings (SSSR count). The minimum absolute atomic E-state index is 0.393. The highest BCUT2D eigenvalue weighted by Crippen LogP contribution is 2.00. The Bertz CT molecular complexity index is 265. The summed E-state index contributed by atoms with van der Waals surface area (Å²) in [5, 5.41) is 8.93. The molecule has 0 fully saturated rings. The second-order valence-corrected chi connectivity index (χ2v) is 3.17. The first-order valence-electron chi connectivity index (χ1n) is 4.75. The summed E-state index contributed by atoms with van der Waals surface area (Å²) in [6.45, 7) is 2.87. The molecule has 1 aromatic carbocycles. The fourth-order valence-corrected chi connectivity index (χ4v) is 1.07. The van der Waals surface area contributed by atoms with Crippen LogP contribution in [0.3, 0.4) is 0 Å². The number of ether oxygens (including phenoxy) is 1. The second-order valence-electron chi connectivity index (χ2n) is 3.17. The highest BCUT2D eigenvalue weighted by Gasteiger charge is 1.89. The van der Waals surface area contributed by atoms with E-state index in [1.54, 1.807) is 13.0 Å². The standard InChI is InChI=1S/C12H16O2/c1-11(13)6-5-9-14-10-12-7-3-2-4-8-12/h2-8,11,13H,9-10H2,1H3/b6-5+. The first kappa shape index (κ1) is 11.0. The molecule has 2 heteroatoms. The number of aliphatic hydroxyl groups is 1. The van der Waals surface area contributed by atoms with Gasteiger partial charge in [-0.15, -0.1) is 0 Å². The zero-order chi connectivity index (χ0) is 10.2. The van der Waals surface area contributed by atoms with Gasteiger partial charge in [-0.1, -0.05) is 42.5 Å². The number of aliphatic hydroxyl groups excluding tert-OH is 1. The van der Waals surface area contributed by atoms with Gasteiger partial charge >= 0.3 is 0 Å². The van der Waals surface area contributed by atoms with Crippen molar-refractivity contribution in [2.24, 2.45) is 0 Å². The van der Waals surface area contributed by atoms with Crippen LogP contribution in [-0.2, 0) is 11.3 Å². The zero-order valence-electron chi connectivity index (χ0n) is 8.39. The molecular weight excluding hydrogens is 176 g/mol. The van der Waals surface area contributed by atoms with Gasteiger partial charge in [0.2, 0.25) is 0 Å². The first-order valence-corrected chi connectivity index (χ1v) is 4.75. The molecule has 76 valence electrons. The summed E-state index contributed by atoms with van der Waals surface area (Å²) in [7, 11) is 0. The van der Waals surface area contributed by atoms with Crippen molar-refractivity contribution in [3.05, 3.63) is 48.0 Å². The van der Waals surface area contributed by atoms with Crippen LogP contribution in [0.2, 0.25) is 0 Å². The average molecular weight is 192 g/mol. The average Bonchev–Trinajstić information content (AvgIpc) is 2.18. The third kappa shape index (κ3) is 4.80. The van der Waals surface area contributed by atoms with E-state index in [4.69, 9.17) is 9.84 Å². The molecule has 0 aromatic heterocycles. The molecule has 0 amide bonds. The van der Waals surface area contributed by atoms with Gasteiger partial charge in [0.05, 0.1) is 19.3 Å². The normalized spacial score (nSPS) is 13.3. The van der Waals surface area contributed by atoms with Gasteiger partial charge in [-0.05, 0) is 12.5 Å². The SMILES string of the molecule is CC(O)/C=C/COCc1ccccc1. The van der Waals surface area contributed by atoms with Crippen LogP contribution in [0.4, 0.5) is 0 Å². The molecule has 0 saturated heterocycles. The first-order chi connectivity index (χ1) is 6.79. The maximum atomic E-state index is 8.93. The molecule has 14 heavy (non-hydrogen) atoms. The predicted molar refractivity (Wildman–Crippen MR) is 56.9 cm³/mol. The van der Waals surface area contributed by atoms with E-state index < -0.39 is 6.10 Å². The molecule has 0 saturated carbocycles. The van der Waals surface area contributed by atoms with Crippen molar-refractivity contribution in [2.75, 3.05) is 6.61 Å². The number of hydrogen-bond donors (Lipinski definition) is 1. The molecule has 0 radical (unpaired) electrons. The largest absolute Gasteiger partial charge is 0.389 e. The monoisotopic (exact) mass is 192 g/mol. The lowest BCUT2D eigenvalue weighted by molar-refractivity contribution is 0.147. The lowest BCUT2D eigenvalue weighted by Crippen LogP contribution is -1.96. The number of rotatable bonds is 5. The molecule has 0 aliphatic rings. The van der Waals surface area contributed by atoms with E-state index in [-0.39, 0.29) is 0 Å². The topological polar surface area (TPSA) is 29.5 Å². The maximum absolute atomic E-state index is 8.93. The molecule has 1 atom stereocenters. The maximum Gasteiger partial charge on any atom is 0.0721 e. The van der Waals surface area contributed by atoms with Gasteiger partial charge in [0.25, 0.3) is 0 Å². The fourth-order valence-electron chi connectivity index (χ4n) is 1.07. The van der Waals surface area contributed by atoms with Gasteiger partial charge in [0.1, 0.15) is 0 Å². The van der Waals surface area contributed by atoms with Crippen molar-refractivity contribution >= 4 is 0 Å². The van der Waals surface area contributed by atoms with Crippen LogP contribution >= 0.6 is 0 Å². The summed E-state index contributed by atoms with van der Waals surface area (Å²) in [6.07, 6.45) is 3.15. The van der Waals surface area contributed by atoms with Gasteiger partial charge in [0, 0.05) is 0 Å². The summed E-state index contributed by atoms with van der Waals surface area (Å²) in [5.74, 6) is 0. The molecule has 0 bridgehead atoms. The Kier molecular flexibility index (Phi) is 4.97. The van der Waals surface area contributed by atoms with Gasteiger partial charge in [-0.2, -0.15) is 0 Å². The van der Waals surface area contributed by atoms with E-state index in [1.165, 1.54) is 0 Å². The van der Waals surface area contributed by atoms with Crippen LogP contribution in [0.5, 0.6) is 0 Å². The Morgan fingerprint density at radius 1 is 1.36 bits per heavy atom. The molecular formula is C12H16O2. The van der Waals surface area contributed by atoms with Crippen molar-refractivity contribution in [1.29, 1.82) is 0 Å². The van der Waals surface area contributed by atoms with Gasteiger partial charge in [-0.3, -0.25) is 0 Å². The summed E-state index contributed by atoms with van der Waals surface area (Å²) in [4.78, 5) is 0. The zero-order valence-corrected chi connectivity index (χ0v) is 8.39. The van der Waals surface area contributed by atoms with E-state index in [0.29, 0.717) is 13.2 Å². The smallest absolute Gasteiger partial charge is 0.0721 e. The van der Waals surface area contributed by atoms with Crippen molar-refractivity contribution in [2.45, 2.75) is 19.6 Å². The third-order valence-electron chi connectivity index (χ3n) is 1.74. The molecule has 0 heterocycles. The van der Waals surface area contributed by atoms with E-state index >= 15 is 0 Å². The predicted octanol–water partition coefficient (Wildman–Crippen LogP) is 2.14. The van der Waals surface area contributed by atoms with Crippen molar-refractivity contribution in [3.63, 3.8) is 0 Å². The highest BCUT2D eigenvalue weighted by atomic mass is 16.5. The minimum Gasteiger partial charge on any atom is -0.389 e. The molecule has 2 nitrogen and oxygen atoms in total. The molecule has 0 aliphatic heterocycles. The second kappa shape index (κ2) is 6.35. The van der Waals surface area contributed by atoms with Crippen LogP contribution < -0.4 is 0 Å². The Balaban J connectivity index is 2.16. The minimum atomic E-state index is -0.393. The van der Waals surface area contributed by atoms with E-state index in [0.717, 1.165) is 5.56 Å².